The summed E-state index contributed by atoms with van der Waals surface area (Å²) in [6.45, 7) is 4.26. The summed E-state index contributed by atoms with van der Waals surface area (Å²) in [6.07, 6.45) is 0.841. The molecule has 1 unspecified atom stereocenters. The Hall–Kier alpha value is -1.30. The van der Waals surface area contributed by atoms with Crippen LogP contribution in [0.15, 0.2) is 29.6 Å². The van der Waals surface area contributed by atoms with Crippen molar-refractivity contribution in [1.82, 2.24) is 9.59 Å². The van der Waals surface area contributed by atoms with E-state index in [2.05, 4.69) is 53.1 Å². The molecule has 104 valence electrons. The third kappa shape index (κ3) is 2.49. The largest absolute Gasteiger partial charge is 0.323 e. The highest BCUT2D eigenvalue weighted by molar-refractivity contribution is 7.17. The minimum atomic E-state index is -0.0228. The zero-order chi connectivity index (χ0) is 14.1. The summed E-state index contributed by atoms with van der Waals surface area (Å²) in [5.74, 6) is 0.369. The van der Waals surface area contributed by atoms with Crippen molar-refractivity contribution in [3.8, 4) is 0 Å². The van der Waals surface area contributed by atoms with Crippen LogP contribution in [0.25, 0.3) is 10.1 Å². The molecule has 2 aromatic heterocycles. The van der Waals surface area contributed by atoms with Crippen LogP contribution in [0, 0.1) is 0 Å². The second kappa shape index (κ2) is 5.60. The first kappa shape index (κ1) is 13.7. The SMILES string of the molecule is CC(C)c1nnsc1C(N)Cc1csc2ccccc12. The van der Waals surface area contributed by atoms with Gasteiger partial charge in [0, 0.05) is 10.7 Å². The average Bonchev–Trinajstić information content (AvgIpc) is 3.06. The maximum absolute atomic E-state index is 6.40. The molecule has 0 spiro atoms. The van der Waals surface area contributed by atoms with Gasteiger partial charge in [-0.15, -0.1) is 16.4 Å². The molecular formula is C15H17N3S2. The van der Waals surface area contributed by atoms with Crippen molar-refractivity contribution in [2.75, 3.05) is 0 Å². The molecule has 0 aliphatic carbocycles. The minimum Gasteiger partial charge on any atom is -0.323 e. The van der Waals surface area contributed by atoms with Gasteiger partial charge >= 0.3 is 0 Å². The van der Waals surface area contributed by atoms with Crippen LogP contribution >= 0.6 is 22.9 Å². The number of benzene rings is 1. The lowest BCUT2D eigenvalue weighted by atomic mass is 10.0. The van der Waals surface area contributed by atoms with Crippen molar-refractivity contribution < 1.29 is 0 Å². The topological polar surface area (TPSA) is 51.8 Å². The number of thiophene rings is 1. The van der Waals surface area contributed by atoms with Crippen LogP contribution in [0.3, 0.4) is 0 Å². The fraction of sp³-hybridized carbons (Fsp3) is 0.333. The van der Waals surface area contributed by atoms with E-state index in [1.807, 2.05) is 0 Å². The summed E-state index contributed by atoms with van der Waals surface area (Å²) in [7, 11) is 0. The van der Waals surface area contributed by atoms with Gasteiger partial charge in [0.05, 0.1) is 10.6 Å². The van der Waals surface area contributed by atoms with Crippen LogP contribution < -0.4 is 5.73 Å². The Bertz CT molecular complexity index is 715. The molecule has 0 radical (unpaired) electrons. The van der Waals surface area contributed by atoms with E-state index in [1.165, 1.54) is 27.2 Å². The molecule has 5 heteroatoms. The van der Waals surface area contributed by atoms with Crippen LogP contribution in [0.5, 0.6) is 0 Å². The third-order valence-electron chi connectivity index (χ3n) is 3.42. The third-order valence-corrected chi connectivity index (χ3v) is 5.31. The number of nitrogens with zero attached hydrogens (tertiary/aromatic N) is 2. The number of rotatable bonds is 4. The van der Waals surface area contributed by atoms with E-state index in [-0.39, 0.29) is 6.04 Å². The fourth-order valence-electron chi connectivity index (χ4n) is 2.38. The Morgan fingerprint density at radius 3 is 2.85 bits per heavy atom. The van der Waals surface area contributed by atoms with Gasteiger partial charge in [-0.25, -0.2) is 0 Å². The van der Waals surface area contributed by atoms with Gasteiger partial charge < -0.3 is 5.73 Å². The van der Waals surface area contributed by atoms with Crippen LogP contribution in [0.1, 0.15) is 41.9 Å². The zero-order valence-corrected chi connectivity index (χ0v) is 13.2. The molecule has 0 aliphatic rings. The summed E-state index contributed by atoms with van der Waals surface area (Å²) in [5, 5.41) is 7.75. The molecule has 20 heavy (non-hydrogen) atoms. The predicted octanol–water partition coefficient (Wildman–Crippen LogP) is 4.12. The van der Waals surface area contributed by atoms with E-state index in [0.717, 1.165) is 17.0 Å². The van der Waals surface area contributed by atoms with Gasteiger partial charge in [-0.3, -0.25) is 0 Å². The molecule has 3 aromatic rings. The van der Waals surface area contributed by atoms with Crippen LogP contribution in [0.4, 0.5) is 0 Å². The van der Waals surface area contributed by atoms with E-state index in [9.17, 15) is 0 Å². The average molecular weight is 303 g/mol. The van der Waals surface area contributed by atoms with Crippen molar-refractivity contribution in [3.63, 3.8) is 0 Å². The van der Waals surface area contributed by atoms with Gasteiger partial charge in [-0.05, 0) is 46.3 Å². The Morgan fingerprint density at radius 1 is 1.25 bits per heavy atom. The van der Waals surface area contributed by atoms with Gasteiger partial charge in [-0.1, -0.05) is 36.5 Å². The molecule has 0 fully saturated rings. The maximum Gasteiger partial charge on any atom is 0.0829 e. The van der Waals surface area contributed by atoms with Crippen molar-refractivity contribution in [2.45, 2.75) is 32.2 Å². The monoisotopic (exact) mass is 303 g/mol. The fourth-order valence-corrected chi connectivity index (χ4v) is 4.16. The van der Waals surface area contributed by atoms with Crippen molar-refractivity contribution in [1.29, 1.82) is 0 Å². The molecule has 1 aromatic carbocycles. The number of hydrogen-bond donors (Lipinski definition) is 1. The molecule has 3 nitrogen and oxygen atoms in total. The molecular weight excluding hydrogens is 286 g/mol. The lowest BCUT2D eigenvalue weighted by molar-refractivity contribution is 0.704. The van der Waals surface area contributed by atoms with Crippen LogP contribution in [-0.4, -0.2) is 9.59 Å². The Kier molecular flexibility index (Phi) is 3.83. The minimum absolute atomic E-state index is 0.0228. The molecule has 0 saturated heterocycles. The Morgan fingerprint density at radius 2 is 2.05 bits per heavy atom. The van der Waals surface area contributed by atoms with Crippen molar-refractivity contribution in [3.05, 3.63) is 45.8 Å². The van der Waals surface area contributed by atoms with Gasteiger partial charge in [0.2, 0.25) is 0 Å². The highest BCUT2D eigenvalue weighted by Crippen LogP contribution is 2.31. The van der Waals surface area contributed by atoms with Gasteiger partial charge in [-0.2, -0.15) is 0 Å². The predicted molar refractivity (Wildman–Crippen MR) is 86.5 cm³/mol. The van der Waals surface area contributed by atoms with Crippen molar-refractivity contribution >= 4 is 33.0 Å². The zero-order valence-electron chi connectivity index (χ0n) is 11.5. The molecule has 1 atom stereocenters. The van der Waals surface area contributed by atoms with Gasteiger partial charge in [0.15, 0.2) is 0 Å². The van der Waals surface area contributed by atoms with Gasteiger partial charge in [0.1, 0.15) is 0 Å². The lowest BCUT2D eigenvalue weighted by Crippen LogP contribution is -2.14. The quantitative estimate of drug-likeness (QED) is 0.789. The summed E-state index contributed by atoms with van der Waals surface area (Å²) in [4.78, 5) is 1.12. The van der Waals surface area contributed by atoms with Crippen LogP contribution in [0.2, 0.25) is 0 Å². The second-order valence-electron chi connectivity index (χ2n) is 5.24. The number of aromatic nitrogens is 2. The number of hydrogen-bond acceptors (Lipinski definition) is 5. The standard InChI is InChI=1S/C15H17N3S2/c1-9(2)14-15(20-18-17-14)12(16)7-10-8-19-13-6-4-3-5-11(10)13/h3-6,8-9,12H,7,16H2,1-2H3. The summed E-state index contributed by atoms with van der Waals surface area (Å²) in [5.41, 5.74) is 8.76. The van der Waals surface area contributed by atoms with Gasteiger partial charge in [0.25, 0.3) is 0 Å². The summed E-state index contributed by atoms with van der Waals surface area (Å²) in [6, 6.07) is 8.46. The van der Waals surface area contributed by atoms with Crippen molar-refractivity contribution in [2.24, 2.45) is 5.73 Å². The molecule has 0 aliphatic heterocycles. The number of nitrogens with two attached hydrogens (primary N) is 1. The first-order valence-corrected chi connectivity index (χ1v) is 8.35. The van der Waals surface area contributed by atoms with E-state index in [1.54, 1.807) is 11.3 Å². The highest BCUT2D eigenvalue weighted by atomic mass is 32.1. The maximum atomic E-state index is 6.40. The normalized spacial score (nSPS) is 13.2. The molecule has 0 saturated carbocycles. The first-order valence-electron chi connectivity index (χ1n) is 6.69. The van der Waals surface area contributed by atoms with E-state index >= 15 is 0 Å². The van der Waals surface area contributed by atoms with Crippen LogP contribution in [-0.2, 0) is 6.42 Å². The van der Waals surface area contributed by atoms with E-state index in [4.69, 9.17) is 5.73 Å². The summed E-state index contributed by atoms with van der Waals surface area (Å²) < 4.78 is 5.39. The number of fused-ring (bicyclic) bond motifs is 1. The highest BCUT2D eigenvalue weighted by Gasteiger charge is 2.19. The Balaban J connectivity index is 1.89. The van der Waals surface area contributed by atoms with E-state index < -0.39 is 0 Å². The lowest BCUT2D eigenvalue weighted by Gasteiger charge is -2.11. The smallest absolute Gasteiger partial charge is 0.0829 e. The molecule has 0 bridgehead atoms. The first-order chi connectivity index (χ1) is 9.66. The molecule has 0 amide bonds. The second-order valence-corrected chi connectivity index (χ2v) is 6.94. The molecule has 2 N–H and O–H groups in total. The summed E-state index contributed by atoms with van der Waals surface area (Å²) >= 11 is 3.21. The molecule has 2 heterocycles. The van der Waals surface area contributed by atoms with E-state index in [0.29, 0.717) is 5.92 Å². The molecule has 3 rings (SSSR count). The Labute approximate surface area is 126 Å².